The average molecular weight is 427 g/mol. The van der Waals surface area contributed by atoms with Crippen LogP contribution < -0.4 is 5.32 Å². The number of amidine groups is 1. The second-order valence-corrected chi connectivity index (χ2v) is 6.82. The lowest BCUT2D eigenvalue weighted by Gasteiger charge is -2.12. The van der Waals surface area contributed by atoms with Gasteiger partial charge in [0, 0.05) is 17.3 Å². The molecule has 31 heavy (non-hydrogen) atoms. The number of aliphatic imine (C=N–C) groups is 1. The Morgan fingerprint density at radius 1 is 1.10 bits per heavy atom. The Kier molecular flexibility index (Phi) is 4.31. The van der Waals surface area contributed by atoms with Crippen molar-refractivity contribution in [2.24, 2.45) is 4.99 Å². The Hall–Kier alpha value is -4.02. The third kappa shape index (κ3) is 3.14. The molecule has 4 heterocycles. The zero-order chi connectivity index (χ0) is 21.7. The Morgan fingerprint density at radius 3 is 2.58 bits per heavy atom. The summed E-state index contributed by atoms with van der Waals surface area (Å²) in [7, 11) is 0. The van der Waals surface area contributed by atoms with Gasteiger partial charge in [-0.15, -0.1) is 0 Å². The summed E-state index contributed by atoms with van der Waals surface area (Å²) in [6, 6.07) is 5.18. The number of aromatic nitrogens is 5. The van der Waals surface area contributed by atoms with Crippen LogP contribution in [0.2, 0.25) is 0 Å². The molecule has 0 radical (unpaired) electrons. The SMILES string of the molecule is Cc1n[nH]c2c1N=C(c1c(F)cccc1F)Nc1cnc(-c3cnn(C(F)F)c3)cc1-2. The Bertz CT molecular complexity index is 1320. The van der Waals surface area contributed by atoms with E-state index in [-0.39, 0.29) is 11.4 Å². The first-order chi connectivity index (χ1) is 14.9. The number of anilines is 1. The van der Waals surface area contributed by atoms with Gasteiger partial charge in [0.05, 0.1) is 40.7 Å². The molecule has 7 nitrogen and oxygen atoms in total. The number of nitrogens with zero attached hydrogens (tertiary/aromatic N) is 5. The zero-order valence-corrected chi connectivity index (χ0v) is 15.9. The van der Waals surface area contributed by atoms with Crippen molar-refractivity contribution in [3.8, 4) is 22.5 Å². The van der Waals surface area contributed by atoms with Crippen LogP contribution in [-0.4, -0.2) is 30.8 Å². The molecule has 0 saturated heterocycles. The highest BCUT2D eigenvalue weighted by Gasteiger charge is 2.25. The maximum atomic E-state index is 14.4. The predicted molar refractivity (Wildman–Crippen MR) is 105 cm³/mol. The van der Waals surface area contributed by atoms with Crippen LogP contribution in [0, 0.1) is 18.6 Å². The number of halogens is 4. The van der Waals surface area contributed by atoms with Crippen molar-refractivity contribution in [2.75, 3.05) is 5.32 Å². The number of alkyl halides is 2. The highest BCUT2D eigenvalue weighted by Crippen LogP contribution is 2.40. The van der Waals surface area contributed by atoms with Crippen LogP contribution in [0.15, 0.2) is 47.8 Å². The number of aromatic amines is 1. The summed E-state index contributed by atoms with van der Waals surface area (Å²) in [6.45, 7) is -1.07. The van der Waals surface area contributed by atoms with E-state index in [0.717, 1.165) is 12.1 Å². The molecule has 156 valence electrons. The van der Waals surface area contributed by atoms with Gasteiger partial charge >= 0.3 is 6.55 Å². The number of hydrogen-bond acceptors (Lipinski definition) is 5. The highest BCUT2D eigenvalue weighted by atomic mass is 19.3. The summed E-state index contributed by atoms with van der Waals surface area (Å²) < 4.78 is 55.1. The molecule has 0 unspecified atom stereocenters. The second kappa shape index (κ2) is 7.04. The first kappa shape index (κ1) is 19.0. The van der Waals surface area contributed by atoms with Gasteiger partial charge in [-0.2, -0.15) is 19.0 Å². The van der Waals surface area contributed by atoms with Crippen LogP contribution in [0.4, 0.5) is 28.9 Å². The van der Waals surface area contributed by atoms with Crippen molar-refractivity contribution in [3.63, 3.8) is 0 Å². The normalized spacial score (nSPS) is 12.8. The quantitative estimate of drug-likeness (QED) is 0.459. The van der Waals surface area contributed by atoms with E-state index in [0.29, 0.717) is 44.3 Å². The minimum atomic E-state index is -2.77. The number of aryl methyl sites for hydroxylation is 1. The fourth-order valence-corrected chi connectivity index (χ4v) is 3.36. The molecule has 0 aliphatic carbocycles. The van der Waals surface area contributed by atoms with Gasteiger partial charge in [-0.05, 0) is 25.1 Å². The van der Waals surface area contributed by atoms with Gasteiger partial charge in [0.1, 0.15) is 23.2 Å². The molecule has 0 saturated carbocycles. The molecule has 1 aromatic carbocycles. The molecule has 1 aliphatic heterocycles. The van der Waals surface area contributed by atoms with E-state index in [1.165, 1.54) is 24.7 Å². The van der Waals surface area contributed by atoms with E-state index in [1.54, 1.807) is 13.0 Å². The van der Waals surface area contributed by atoms with Gasteiger partial charge in [-0.1, -0.05) is 6.07 Å². The van der Waals surface area contributed by atoms with Gasteiger partial charge < -0.3 is 5.32 Å². The van der Waals surface area contributed by atoms with Gasteiger partial charge in [-0.3, -0.25) is 10.1 Å². The maximum absolute atomic E-state index is 14.4. The summed E-state index contributed by atoms with van der Waals surface area (Å²) in [6.07, 6.45) is 3.89. The molecular weight excluding hydrogens is 414 g/mol. The van der Waals surface area contributed by atoms with Crippen LogP contribution in [0.3, 0.4) is 0 Å². The lowest BCUT2D eigenvalue weighted by molar-refractivity contribution is 0.0566. The summed E-state index contributed by atoms with van der Waals surface area (Å²) >= 11 is 0. The monoisotopic (exact) mass is 427 g/mol. The third-order valence-corrected chi connectivity index (χ3v) is 4.86. The van der Waals surface area contributed by atoms with Gasteiger partial charge in [0.15, 0.2) is 0 Å². The number of nitrogens with one attached hydrogen (secondary N) is 2. The van der Waals surface area contributed by atoms with Crippen molar-refractivity contribution >= 4 is 17.2 Å². The molecule has 0 amide bonds. The lowest BCUT2D eigenvalue weighted by Crippen LogP contribution is -2.17. The first-order valence-electron chi connectivity index (χ1n) is 9.10. The smallest absolute Gasteiger partial charge is 0.333 e. The van der Waals surface area contributed by atoms with Crippen molar-refractivity contribution in [1.82, 2.24) is 25.0 Å². The van der Waals surface area contributed by atoms with E-state index in [1.807, 2.05) is 0 Å². The summed E-state index contributed by atoms with van der Waals surface area (Å²) in [5, 5.41) is 13.6. The maximum Gasteiger partial charge on any atom is 0.333 e. The molecular formula is C20H13F4N7. The predicted octanol–water partition coefficient (Wildman–Crippen LogP) is 4.82. The molecule has 0 bridgehead atoms. The largest absolute Gasteiger partial charge is 0.338 e. The topological polar surface area (TPSA) is 83.8 Å². The molecule has 3 aromatic heterocycles. The third-order valence-electron chi connectivity index (χ3n) is 4.86. The van der Waals surface area contributed by atoms with Gasteiger partial charge in [0.25, 0.3) is 0 Å². The molecule has 11 heteroatoms. The van der Waals surface area contributed by atoms with Crippen molar-refractivity contribution < 1.29 is 17.6 Å². The highest BCUT2D eigenvalue weighted by molar-refractivity contribution is 6.13. The van der Waals surface area contributed by atoms with Crippen LogP contribution in [0.1, 0.15) is 17.8 Å². The van der Waals surface area contributed by atoms with Crippen LogP contribution in [-0.2, 0) is 0 Å². The average Bonchev–Trinajstić information content (AvgIpc) is 3.32. The molecule has 5 rings (SSSR count). The fourth-order valence-electron chi connectivity index (χ4n) is 3.36. The second-order valence-electron chi connectivity index (χ2n) is 6.82. The van der Waals surface area contributed by atoms with Gasteiger partial charge in [-0.25, -0.2) is 18.5 Å². The molecule has 2 N–H and O–H groups in total. The van der Waals surface area contributed by atoms with Gasteiger partial charge in [0.2, 0.25) is 0 Å². The van der Waals surface area contributed by atoms with E-state index < -0.39 is 18.2 Å². The molecule has 0 fully saturated rings. The standard InChI is InChI=1S/C20H13F4N7/c1-9-17-18(30-29-9)11-5-14(10-6-26-31(8-10)20(23)24)25-7-15(11)27-19(28-17)16-12(21)3-2-4-13(16)22/h2-8,20H,1H3,(H,27,28)(H,29,30). The van der Waals surface area contributed by atoms with E-state index in [4.69, 9.17) is 0 Å². The van der Waals surface area contributed by atoms with E-state index in [9.17, 15) is 17.6 Å². The van der Waals surface area contributed by atoms with Crippen LogP contribution >= 0.6 is 0 Å². The molecule has 0 atom stereocenters. The number of rotatable bonds is 3. The lowest BCUT2D eigenvalue weighted by atomic mass is 10.1. The Labute approximate surface area is 172 Å². The summed E-state index contributed by atoms with van der Waals surface area (Å²) in [5.74, 6) is -1.59. The zero-order valence-electron chi connectivity index (χ0n) is 15.9. The minimum Gasteiger partial charge on any atom is -0.338 e. The Balaban J connectivity index is 1.67. The molecule has 4 aromatic rings. The fraction of sp³-hybridized carbons (Fsp3) is 0.100. The number of benzene rings is 1. The number of hydrogen-bond donors (Lipinski definition) is 2. The number of H-pyrrole nitrogens is 1. The van der Waals surface area contributed by atoms with E-state index >= 15 is 0 Å². The van der Waals surface area contributed by atoms with Crippen molar-refractivity contribution in [2.45, 2.75) is 13.5 Å². The van der Waals surface area contributed by atoms with Crippen molar-refractivity contribution in [1.29, 1.82) is 0 Å². The minimum absolute atomic E-state index is 0.0415. The molecule has 1 aliphatic rings. The summed E-state index contributed by atoms with van der Waals surface area (Å²) in [5.41, 5.74) is 2.82. The van der Waals surface area contributed by atoms with Crippen LogP contribution in [0.25, 0.3) is 22.5 Å². The number of fused-ring (bicyclic) bond motifs is 3. The van der Waals surface area contributed by atoms with Crippen molar-refractivity contribution in [3.05, 3.63) is 65.7 Å². The Morgan fingerprint density at radius 2 is 1.87 bits per heavy atom. The number of pyridine rings is 1. The summed E-state index contributed by atoms with van der Waals surface area (Å²) in [4.78, 5) is 8.72. The van der Waals surface area contributed by atoms with E-state index in [2.05, 4.69) is 30.6 Å². The first-order valence-corrected chi connectivity index (χ1v) is 9.10. The van der Waals surface area contributed by atoms with Crippen LogP contribution in [0.5, 0.6) is 0 Å². The molecule has 0 spiro atoms.